The molecule has 0 unspecified atom stereocenters. The lowest BCUT2D eigenvalue weighted by molar-refractivity contribution is 0.414. The maximum atomic E-state index is 9.37. The van der Waals surface area contributed by atoms with Crippen molar-refractivity contribution in [3.8, 4) is 11.8 Å². The second-order valence-electron chi connectivity index (χ2n) is 6.67. The Morgan fingerprint density at radius 1 is 1.33 bits per heavy atom. The Balaban J connectivity index is 1.78. The van der Waals surface area contributed by atoms with Gasteiger partial charge in [-0.2, -0.15) is 19.9 Å². The molecule has 7 nitrogen and oxygen atoms in total. The minimum absolute atomic E-state index is 0.398. The maximum absolute atomic E-state index is 9.37. The average molecular weight is 380 g/mol. The van der Waals surface area contributed by atoms with E-state index in [0.717, 1.165) is 18.1 Å². The van der Waals surface area contributed by atoms with Gasteiger partial charge in [-0.15, -0.1) is 0 Å². The van der Waals surface area contributed by atoms with E-state index in [1.165, 1.54) is 17.3 Å². The molecule has 1 fully saturated rings. The van der Waals surface area contributed by atoms with Crippen LogP contribution in [0.2, 0.25) is 0 Å². The largest absolute Gasteiger partial charge is 0.497 e. The van der Waals surface area contributed by atoms with E-state index in [1.54, 1.807) is 17.8 Å². The standard InChI is InChI=1S/C19H20N6OS/c1-12-8-16(12)24(11-13-4-6-15(26-2)7-5-13)19-23-18(27-3)22-17-14(9-20)10-21-25(17)19/h4-7,10,12,16H,8,11H2,1-3H3/t12-,16-/m0/s1. The van der Waals surface area contributed by atoms with Gasteiger partial charge in [0.25, 0.3) is 0 Å². The Hall–Kier alpha value is -2.79. The smallest absolute Gasteiger partial charge is 0.231 e. The predicted octanol–water partition coefficient (Wildman–Crippen LogP) is 3.14. The topological polar surface area (TPSA) is 79.3 Å². The van der Waals surface area contributed by atoms with Crippen molar-refractivity contribution in [1.82, 2.24) is 19.6 Å². The summed E-state index contributed by atoms with van der Waals surface area (Å²) < 4.78 is 6.94. The van der Waals surface area contributed by atoms with Gasteiger partial charge in [0.15, 0.2) is 10.8 Å². The monoisotopic (exact) mass is 380 g/mol. The number of thioether (sulfide) groups is 1. The summed E-state index contributed by atoms with van der Waals surface area (Å²) in [5.41, 5.74) is 2.18. The van der Waals surface area contributed by atoms with Crippen molar-refractivity contribution in [3.63, 3.8) is 0 Å². The van der Waals surface area contributed by atoms with E-state index in [4.69, 9.17) is 9.72 Å². The van der Waals surface area contributed by atoms with Gasteiger partial charge in [0, 0.05) is 12.6 Å². The molecule has 0 bridgehead atoms. The first-order chi connectivity index (χ1) is 13.1. The van der Waals surface area contributed by atoms with Crippen LogP contribution in [-0.4, -0.2) is 39.0 Å². The van der Waals surface area contributed by atoms with Crippen molar-refractivity contribution in [2.75, 3.05) is 18.3 Å². The number of hydrogen-bond donors (Lipinski definition) is 0. The fourth-order valence-corrected chi connectivity index (χ4v) is 3.55. The van der Waals surface area contributed by atoms with Crippen LogP contribution in [0.1, 0.15) is 24.5 Å². The summed E-state index contributed by atoms with van der Waals surface area (Å²) >= 11 is 1.47. The van der Waals surface area contributed by atoms with Crippen LogP contribution < -0.4 is 9.64 Å². The molecule has 4 rings (SSSR count). The second-order valence-corrected chi connectivity index (χ2v) is 7.45. The zero-order valence-corrected chi connectivity index (χ0v) is 16.3. The van der Waals surface area contributed by atoms with E-state index in [1.807, 2.05) is 18.4 Å². The van der Waals surface area contributed by atoms with Crippen molar-refractivity contribution in [1.29, 1.82) is 5.26 Å². The summed E-state index contributed by atoms with van der Waals surface area (Å²) in [7, 11) is 1.67. The third kappa shape index (κ3) is 3.30. The highest BCUT2D eigenvalue weighted by Crippen LogP contribution is 2.38. The molecule has 3 aromatic rings. The van der Waals surface area contributed by atoms with Crippen LogP contribution in [-0.2, 0) is 6.54 Å². The molecule has 1 aliphatic rings. The third-order valence-corrected chi connectivity index (χ3v) is 5.42. The van der Waals surface area contributed by atoms with Crippen molar-refractivity contribution >= 4 is 23.4 Å². The Kier molecular flexibility index (Phi) is 4.62. The second kappa shape index (κ2) is 7.08. The summed E-state index contributed by atoms with van der Waals surface area (Å²) in [5, 5.41) is 14.4. The lowest BCUT2D eigenvalue weighted by Gasteiger charge is -2.24. The van der Waals surface area contributed by atoms with Crippen molar-refractivity contribution < 1.29 is 4.74 Å². The Bertz CT molecular complexity index is 1010. The van der Waals surface area contributed by atoms with E-state index in [2.05, 4.69) is 40.1 Å². The zero-order valence-electron chi connectivity index (χ0n) is 15.5. The van der Waals surface area contributed by atoms with Gasteiger partial charge in [-0.05, 0) is 36.3 Å². The summed E-state index contributed by atoms with van der Waals surface area (Å²) in [6.45, 7) is 2.95. The first-order valence-corrected chi connectivity index (χ1v) is 9.96. The lowest BCUT2D eigenvalue weighted by atomic mass is 10.2. The highest BCUT2D eigenvalue weighted by atomic mass is 32.2. The predicted molar refractivity (Wildman–Crippen MR) is 104 cm³/mol. The number of nitrogens with zero attached hydrogens (tertiary/aromatic N) is 6. The minimum atomic E-state index is 0.398. The van der Waals surface area contributed by atoms with Crippen molar-refractivity contribution in [3.05, 3.63) is 41.6 Å². The molecule has 0 spiro atoms. The molecule has 8 heteroatoms. The van der Waals surface area contributed by atoms with Crippen LogP contribution in [0, 0.1) is 17.2 Å². The van der Waals surface area contributed by atoms with Crippen molar-refractivity contribution in [2.45, 2.75) is 31.1 Å². The molecule has 0 aliphatic heterocycles. The van der Waals surface area contributed by atoms with Crippen LogP contribution in [0.5, 0.6) is 5.75 Å². The molecule has 0 saturated heterocycles. The minimum Gasteiger partial charge on any atom is -0.497 e. The van der Waals surface area contributed by atoms with Gasteiger partial charge < -0.3 is 9.64 Å². The van der Waals surface area contributed by atoms with Crippen LogP contribution in [0.3, 0.4) is 0 Å². The normalized spacial score (nSPS) is 18.3. The van der Waals surface area contributed by atoms with Gasteiger partial charge >= 0.3 is 0 Å². The third-order valence-electron chi connectivity index (χ3n) is 4.87. The van der Waals surface area contributed by atoms with Crippen LogP contribution in [0.15, 0.2) is 35.6 Å². The van der Waals surface area contributed by atoms with Gasteiger partial charge in [0.1, 0.15) is 17.4 Å². The number of methoxy groups -OCH3 is 1. The van der Waals surface area contributed by atoms with Crippen LogP contribution >= 0.6 is 11.8 Å². The van der Waals surface area contributed by atoms with Crippen molar-refractivity contribution in [2.24, 2.45) is 5.92 Å². The van der Waals surface area contributed by atoms with Gasteiger partial charge in [0.05, 0.1) is 13.3 Å². The molecule has 1 aromatic carbocycles. The summed E-state index contributed by atoms with van der Waals surface area (Å²) in [6.07, 6.45) is 4.60. The molecule has 0 amide bonds. The number of hydrogen-bond acceptors (Lipinski definition) is 7. The molecule has 0 N–H and O–H groups in total. The number of aromatic nitrogens is 4. The first kappa shape index (κ1) is 17.6. The zero-order chi connectivity index (χ0) is 19.0. The molecule has 138 valence electrons. The highest BCUT2D eigenvalue weighted by molar-refractivity contribution is 7.98. The fraction of sp³-hybridized carbons (Fsp3) is 0.368. The molecule has 2 heterocycles. The SMILES string of the molecule is COc1ccc(CN(c2nc(SC)nc3c(C#N)cnn23)[C@H]2C[C@@H]2C)cc1. The highest BCUT2D eigenvalue weighted by Gasteiger charge is 2.40. The number of benzene rings is 1. The lowest BCUT2D eigenvalue weighted by Crippen LogP contribution is -2.30. The molecule has 2 atom stereocenters. The van der Waals surface area contributed by atoms with Crippen LogP contribution in [0.4, 0.5) is 5.95 Å². The summed E-state index contributed by atoms with van der Waals surface area (Å²) in [5.74, 6) is 2.16. The number of ether oxygens (including phenoxy) is 1. The Morgan fingerprint density at radius 2 is 2.07 bits per heavy atom. The summed E-state index contributed by atoms with van der Waals surface area (Å²) in [4.78, 5) is 11.5. The summed E-state index contributed by atoms with van der Waals surface area (Å²) in [6, 6.07) is 10.6. The Morgan fingerprint density at radius 3 is 2.67 bits per heavy atom. The van der Waals surface area contributed by atoms with E-state index in [9.17, 15) is 5.26 Å². The van der Waals surface area contributed by atoms with Gasteiger partial charge in [-0.1, -0.05) is 30.8 Å². The molecular formula is C19H20N6OS. The first-order valence-electron chi connectivity index (χ1n) is 8.74. The van der Waals surface area contributed by atoms with Gasteiger partial charge in [-0.3, -0.25) is 0 Å². The quantitative estimate of drug-likeness (QED) is 0.608. The number of anilines is 1. The Labute approximate surface area is 162 Å². The van der Waals surface area contributed by atoms with E-state index in [-0.39, 0.29) is 0 Å². The molecule has 2 aromatic heterocycles. The van der Waals surface area contributed by atoms with Gasteiger partial charge in [0.2, 0.25) is 5.95 Å². The van der Waals surface area contributed by atoms with E-state index in [0.29, 0.717) is 34.9 Å². The number of fused-ring (bicyclic) bond motifs is 1. The van der Waals surface area contributed by atoms with Gasteiger partial charge in [-0.25, -0.2) is 4.98 Å². The van der Waals surface area contributed by atoms with E-state index >= 15 is 0 Å². The number of rotatable bonds is 6. The molecular weight excluding hydrogens is 360 g/mol. The molecule has 1 saturated carbocycles. The van der Waals surface area contributed by atoms with Crippen LogP contribution in [0.25, 0.3) is 5.65 Å². The molecule has 27 heavy (non-hydrogen) atoms. The molecule has 0 radical (unpaired) electrons. The molecule has 1 aliphatic carbocycles. The van der Waals surface area contributed by atoms with E-state index < -0.39 is 0 Å². The average Bonchev–Trinajstić information content (AvgIpc) is 3.27. The maximum Gasteiger partial charge on any atom is 0.231 e. The number of nitriles is 1. The fourth-order valence-electron chi connectivity index (χ4n) is 3.20.